The van der Waals surface area contributed by atoms with Crippen LogP contribution in [0, 0.1) is 5.92 Å². The fraction of sp³-hybridized carbons (Fsp3) is 0.318. The Labute approximate surface area is 175 Å². The molecule has 1 saturated heterocycles. The lowest BCUT2D eigenvalue weighted by Crippen LogP contribution is -2.28. The number of benzene rings is 2. The van der Waals surface area contributed by atoms with E-state index in [2.05, 4.69) is 12.2 Å². The highest BCUT2D eigenvalue weighted by Gasteiger charge is 2.35. The number of nitrogens with two attached hydrogens (primary N) is 1. The van der Waals surface area contributed by atoms with Gasteiger partial charge in [-0.3, -0.25) is 14.4 Å². The Morgan fingerprint density at radius 2 is 1.93 bits per heavy atom. The summed E-state index contributed by atoms with van der Waals surface area (Å²) in [5.74, 6) is -1.43. The molecule has 2 aromatic rings. The summed E-state index contributed by atoms with van der Waals surface area (Å²) in [5.41, 5.74) is 7.92. The molecule has 1 aliphatic rings. The van der Waals surface area contributed by atoms with Crippen molar-refractivity contribution in [1.29, 1.82) is 0 Å². The highest BCUT2D eigenvalue weighted by Crippen LogP contribution is 2.27. The highest BCUT2D eigenvalue weighted by molar-refractivity contribution is 6.34. The molecule has 0 aliphatic carbocycles. The SMILES string of the molecule is CCCCc1ccc(N2CC(C(=O)Nc3ccc(C(N)=O)c(Cl)c3)CC2=O)cc1. The fourth-order valence-electron chi connectivity index (χ4n) is 3.39. The summed E-state index contributed by atoms with van der Waals surface area (Å²) >= 11 is 6.02. The Bertz CT molecular complexity index is 927. The van der Waals surface area contributed by atoms with Gasteiger partial charge in [-0.05, 0) is 48.7 Å². The lowest BCUT2D eigenvalue weighted by Gasteiger charge is -2.17. The van der Waals surface area contributed by atoms with Gasteiger partial charge in [0.1, 0.15) is 0 Å². The Hall–Kier alpha value is -2.86. The molecule has 29 heavy (non-hydrogen) atoms. The monoisotopic (exact) mass is 413 g/mol. The third-order valence-corrected chi connectivity index (χ3v) is 5.38. The van der Waals surface area contributed by atoms with Gasteiger partial charge >= 0.3 is 0 Å². The maximum atomic E-state index is 12.6. The average molecular weight is 414 g/mol. The first-order chi connectivity index (χ1) is 13.9. The molecular formula is C22H24ClN3O3. The third-order valence-electron chi connectivity index (χ3n) is 5.06. The summed E-state index contributed by atoms with van der Waals surface area (Å²) in [5, 5.41) is 2.93. The predicted molar refractivity (Wildman–Crippen MR) is 114 cm³/mol. The Morgan fingerprint density at radius 1 is 1.21 bits per heavy atom. The number of amides is 3. The number of hydrogen-bond donors (Lipinski definition) is 2. The number of aryl methyl sites for hydroxylation is 1. The number of carbonyl (C=O) groups is 3. The summed E-state index contributed by atoms with van der Waals surface area (Å²) in [6.45, 7) is 2.48. The van der Waals surface area contributed by atoms with Crippen molar-refractivity contribution in [3.05, 3.63) is 58.6 Å². The Balaban J connectivity index is 1.64. The smallest absolute Gasteiger partial charge is 0.250 e. The number of rotatable bonds is 7. The second-order valence-electron chi connectivity index (χ2n) is 7.22. The van der Waals surface area contributed by atoms with Crippen molar-refractivity contribution < 1.29 is 14.4 Å². The highest BCUT2D eigenvalue weighted by atomic mass is 35.5. The quantitative estimate of drug-likeness (QED) is 0.723. The van der Waals surface area contributed by atoms with Crippen LogP contribution in [0.25, 0.3) is 0 Å². The van der Waals surface area contributed by atoms with E-state index in [1.807, 2.05) is 24.3 Å². The van der Waals surface area contributed by atoms with Crippen LogP contribution in [-0.4, -0.2) is 24.3 Å². The molecule has 3 N–H and O–H groups in total. The molecule has 6 nitrogen and oxygen atoms in total. The summed E-state index contributed by atoms with van der Waals surface area (Å²) in [7, 11) is 0. The molecule has 1 heterocycles. The molecule has 0 spiro atoms. The van der Waals surface area contributed by atoms with Gasteiger partial charge in [0.25, 0.3) is 0 Å². The van der Waals surface area contributed by atoms with E-state index >= 15 is 0 Å². The van der Waals surface area contributed by atoms with Gasteiger partial charge in [-0.15, -0.1) is 0 Å². The molecule has 7 heteroatoms. The van der Waals surface area contributed by atoms with E-state index in [0.717, 1.165) is 24.9 Å². The fourth-order valence-corrected chi connectivity index (χ4v) is 3.67. The van der Waals surface area contributed by atoms with Crippen molar-refractivity contribution in [2.24, 2.45) is 11.7 Å². The minimum atomic E-state index is -0.634. The first kappa shape index (κ1) is 20.9. The van der Waals surface area contributed by atoms with Gasteiger partial charge in [0.05, 0.1) is 16.5 Å². The van der Waals surface area contributed by atoms with Gasteiger partial charge in [-0.25, -0.2) is 0 Å². The molecule has 1 aliphatic heterocycles. The van der Waals surface area contributed by atoms with E-state index in [0.29, 0.717) is 12.2 Å². The maximum Gasteiger partial charge on any atom is 0.250 e. The maximum absolute atomic E-state index is 12.6. The van der Waals surface area contributed by atoms with E-state index in [-0.39, 0.29) is 28.8 Å². The molecule has 0 aromatic heterocycles. The van der Waals surface area contributed by atoms with Crippen LogP contribution in [0.3, 0.4) is 0 Å². The molecule has 0 radical (unpaired) electrons. The van der Waals surface area contributed by atoms with E-state index in [1.54, 1.807) is 11.0 Å². The number of halogens is 1. The number of nitrogens with zero attached hydrogens (tertiary/aromatic N) is 1. The molecule has 1 fully saturated rings. The summed E-state index contributed by atoms with van der Waals surface area (Å²) in [6, 6.07) is 12.4. The zero-order valence-corrected chi connectivity index (χ0v) is 17.0. The Morgan fingerprint density at radius 3 is 2.55 bits per heavy atom. The second kappa shape index (κ2) is 9.09. The molecule has 2 aromatic carbocycles. The lowest BCUT2D eigenvalue weighted by molar-refractivity contribution is -0.122. The zero-order valence-electron chi connectivity index (χ0n) is 16.3. The van der Waals surface area contributed by atoms with Crippen LogP contribution >= 0.6 is 11.6 Å². The van der Waals surface area contributed by atoms with Crippen molar-refractivity contribution in [2.45, 2.75) is 32.6 Å². The van der Waals surface area contributed by atoms with E-state index < -0.39 is 11.8 Å². The predicted octanol–water partition coefficient (Wildman–Crippen LogP) is 3.77. The first-order valence-corrected chi connectivity index (χ1v) is 10.1. The standard InChI is InChI=1S/C22H24ClN3O3/c1-2-3-4-14-5-8-17(9-6-14)26-13-15(11-20(26)27)22(29)25-16-7-10-18(21(24)28)19(23)12-16/h5-10,12,15H,2-4,11,13H2,1H3,(H2,24,28)(H,25,29). The number of primary amides is 1. The lowest BCUT2D eigenvalue weighted by atomic mass is 10.1. The van der Waals surface area contributed by atoms with Crippen LogP contribution in [0.5, 0.6) is 0 Å². The molecule has 0 saturated carbocycles. The minimum absolute atomic E-state index is 0.0754. The molecule has 1 atom stereocenters. The summed E-state index contributed by atoms with van der Waals surface area (Å²) < 4.78 is 0. The van der Waals surface area contributed by atoms with E-state index in [4.69, 9.17) is 17.3 Å². The van der Waals surface area contributed by atoms with Crippen molar-refractivity contribution in [3.63, 3.8) is 0 Å². The van der Waals surface area contributed by atoms with Crippen LogP contribution in [0.15, 0.2) is 42.5 Å². The van der Waals surface area contributed by atoms with Crippen LogP contribution in [-0.2, 0) is 16.0 Å². The Kier molecular flexibility index (Phi) is 6.54. The number of unbranched alkanes of at least 4 members (excludes halogenated alkanes) is 1. The van der Waals surface area contributed by atoms with Crippen LogP contribution in [0.4, 0.5) is 11.4 Å². The molecule has 3 amide bonds. The molecule has 3 rings (SSSR count). The van der Waals surface area contributed by atoms with Gasteiger partial charge in [-0.2, -0.15) is 0 Å². The molecule has 152 valence electrons. The first-order valence-electron chi connectivity index (χ1n) is 9.68. The number of anilines is 2. The van der Waals surface area contributed by atoms with Crippen molar-refractivity contribution in [3.8, 4) is 0 Å². The molecular weight excluding hydrogens is 390 g/mol. The topological polar surface area (TPSA) is 92.5 Å². The number of carbonyl (C=O) groups excluding carboxylic acids is 3. The summed E-state index contributed by atoms with van der Waals surface area (Å²) in [4.78, 5) is 38.0. The van der Waals surface area contributed by atoms with E-state index in [9.17, 15) is 14.4 Å². The van der Waals surface area contributed by atoms with Gasteiger partial charge in [0, 0.05) is 24.3 Å². The van der Waals surface area contributed by atoms with Gasteiger partial charge in [0.2, 0.25) is 17.7 Å². The van der Waals surface area contributed by atoms with Crippen molar-refractivity contribution in [2.75, 3.05) is 16.8 Å². The van der Waals surface area contributed by atoms with Crippen LogP contribution in [0.2, 0.25) is 5.02 Å². The van der Waals surface area contributed by atoms with Crippen molar-refractivity contribution >= 4 is 40.7 Å². The molecule has 0 bridgehead atoms. The second-order valence-corrected chi connectivity index (χ2v) is 7.63. The van der Waals surface area contributed by atoms with Crippen LogP contribution in [0.1, 0.15) is 42.1 Å². The van der Waals surface area contributed by atoms with Gasteiger partial charge in [-0.1, -0.05) is 37.1 Å². The third kappa shape index (κ3) is 4.95. The number of hydrogen-bond acceptors (Lipinski definition) is 3. The van der Waals surface area contributed by atoms with Crippen molar-refractivity contribution in [1.82, 2.24) is 0 Å². The van der Waals surface area contributed by atoms with Crippen LogP contribution < -0.4 is 16.0 Å². The zero-order chi connectivity index (χ0) is 21.0. The van der Waals surface area contributed by atoms with Gasteiger partial charge < -0.3 is 16.0 Å². The normalized spacial score (nSPS) is 16.1. The minimum Gasteiger partial charge on any atom is -0.366 e. The van der Waals surface area contributed by atoms with E-state index in [1.165, 1.54) is 17.7 Å². The number of nitrogens with one attached hydrogen (secondary N) is 1. The summed E-state index contributed by atoms with van der Waals surface area (Å²) in [6.07, 6.45) is 3.44. The van der Waals surface area contributed by atoms with Gasteiger partial charge in [0.15, 0.2) is 0 Å². The molecule has 1 unspecified atom stereocenters. The largest absolute Gasteiger partial charge is 0.366 e. The average Bonchev–Trinajstić information content (AvgIpc) is 3.08.